The van der Waals surface area contributed by atoms with Gasteiger partial charge in [0.05, 0.1) is 6.61 Å². The lowest BCUT2D eigenvalue weighted by Gasteiger charge is -2.16. The Morgan fingerprint density at radius 3 is 2.57 bits per heavy atom. The quantitative estimate of drug-likeness (QED) is 0.683. The first-order valence-electron chi connectivity index (χ1n) is 7.39. The molecule has 0 saturated heterocycles. The van der Waals surface area contributed by atoms with E-state index in [0.29, 0.717) is 12.5 Å². The van der Waals surface area contributed by atoms with Crippen molar-refractivity contribution in [3.8, 4) is 5.75 Å². The number of carbonyl (C=O) groups excluding carboxylic acids is 1. The first-order chi connectivity index (χ1) is 10.8. The van der Waals surface area contributed by atoms with E-state index < -0.39 is 29.6 Å². The minimum Gasteiger partial charge on any atom is -0.491 e. The second-order valence-corrected chi connectivity index (χ2v) is 5.61. The normalized spacial score (nSPS) is 12.0. The molecule has 0 aliphatic carbocycles. The number of carbonyl (C=O) groups is 2. The van der Waals surface area contributed by atoms with Crippen molar-refractivity contribution in [2.45, 2.75) is 39.2 Å². The predicted octanol–water partition coefficient (Wildman–Crippen LogP) is 2.74. The highest BCUT2D eigenvalue weighted by Gasteiger charge is 2.20. The van der Waals surface area contributed by atoms with Gasteiger partial charge in [-0.2, -0.15) is 0 Å². The average molecular weight is 329 g/mol. The Morgan fingerprint density at radius 2 is 2.00 bits per heavy atom. The molecule has 1 aromatic rings. The maximum atomic E-state index is 13.3. The van der Waals surface area contributed by atoms with Crippen LogP contribution < -0.4 is 10.1 Å². The maximum Gasteiger partial charge on any atom is 0.326 e. The van der Waals surface area contributed by atoms with Crippen molar-refractivity contribution in [1.29, 1.82) is 0 Å². The highest BCUT2D eigenvalue weighted by atomic mass is 19.1. The van der Waals surface area contributed by atoms with Gasteiger partial charge in [0.15, 0.2) is 11.6 Å². The van der Waals surface area contributed by atoms with Crippen LogP contribution >= 0.6 is 0 Å². The van der Waals surface area contributed by atoms with Crippen LogP contribution in [-0.2, 0) is 9.59 Å². The van der Waals surface area contributed by atoms with Gasteiger partial charge < -0.3 is 15.2 Å². The van der Waals surface area contributed by atoms with Crippen molar-refractivity contribution in [3.05, 3.63) is 29.8 Å². The molecule has 1 atom stereocenters. The van der Waals surface area contributed by atoms with Crippen LogP contribution in [0.15, 0.2) is 18.2 Å². The molecule has 0 aliphatic heterocycles. The van der Waals surface area contributed by atoms with E-state index >= 15 is 0 Å². The second-order valence-electron chi connectivity index (χ2n) is 5.61. The molecule has 5 nitrogen and oxygen atoms in total. The third-order valence-electron chi connectivity index (χ3n) is 3.04. The third-order valence-corrected chi connectivity index (χ3v) is 3.04. The predicted molar refractivity (Wildman–Crippen MR) is 80.1 cm³/mol. The molecule has 128 valence electrons. The van der Waals surface area contributed by atoms with Crippen LogP contribution in [0.1, 0.15) is 33.1 Å². The van der Waals surface area contributed by atoms with Gasteiger partial charge in [-0.05, 0) is 30.9 Å². The smallest absolute Gasteiger partial charge is 0.326 e. The minimum absolute atomic E-state index is 0.0602. The van der Waals surface area contributed by atoms with Gasteiger partial charge in [0, 0.05) is 12.5 Å². The molecular formula is C16H21F2NO4. The highest BCUT2D eigenvalue weighted by molar-refractivity contribution is 5.83. The van der Waals surface area contributed by atoms with Gasteiger partial charge in [0.2, 0.25) is 5.91 Å². The number of aliphatic carboxylic acids is 1. The molecule has 0 aliphatic rings. The summed E-state index contributed by atoms with van der Waals surface area (Å²) in [5, 5.41) is 11.5. The van der Waals surface area contributed by atoms with E-state index in [2.05, 4.69) is 5.32 Å². The molecule has 0 bridgehead atoms. The largest absolute Gasteiger partial charge is 0.491 e. The Kier molecular flexibility index (Phi) is 7.44. The zero-order chi connectivity index (χ0) is 17.4. The van der Waals surface area contributed by atoms with Gasteiger partial charge in [-0.3, -0.25) is 4.79 Å². The van der Waals surface area contributed by atoms with Crippen molar-refractivity contribution in [2.75, 3.05) is 6.61 Å². The van der Waals surface area contributed by atoms with Crippen molar-refractivity contribution in [1.82, 2.24) is 5.32 Å². The second kappa shape index (κ2) is 9.07. The Hall–Kier alpha value is -2.18. The third kappa shape index (κ3) is 7.08. The summed E-state index contributed by atoms with van der Waals surface area (Å²) in [4.78, 5) is 22.7. The fraction of sp³-hybridized carbons (Fsp3) is 0.500. The molecule has 7 heteroatoms. The molecule has 0 spiro atoms. The number of nitrogens with one attached hydrogen (secondary N) is 1. The molecule has 2 N–H and O–H groups in total. The van der Waals surface area contributed by atoms with Crippen LogP contribution in [0.5, 0.6) is 5.75 Å². The van der Waals surface area contributed by atoms with Gasteiger partial charge in [-0.15, -0.1) is 0 Å². The molecule has 23 heavy (non-hydrogen) atoms. The summed E-state index contributed by atoms with van der Waals surface area (Å²) in [6, 6.07) is 2.05. The van der Waals surface area contributed by atoms with E-state index in [1.807, 2.05) is 13.8 Å². The first kappa shape index (κ1) is 18.9. The number of ether oxygens (including phenoxy) is 1. The van der Waals surface area contributed by atoms with Crippen LogP contribution in [0.4, 0.5) is 8.78 Å². The number of halogens is 2. The van der Waals surface area contributed by atoms with E-state index in [1.54, 1.807) is 0 Å². The Labute approximate surface area is 133 Å². The van der Waals surface area contributed by atoms with Gasteiger partial charge in [-0.25, -0.2) is 13.6 Å². The van der Waals surface area contributed by atoms with Gasteiger partial charge >= 0.3 is 5.97 Å². The summed E-state index contributed by atoms with van der Waals surface area (Å²) in [5.41, 5.74) is 0. The summed E-state index contributed by atoms with van der Waals surface area (Å²) < 4.78 is 31.2. The highest BCUT2D eigenvalue weighted by Crippen LogP contribution is 2.17. The van der Waals surface area contributed by atoms with Crippen LogP contribution in [0.25, 0.3) is 0 Å². The average Bonchev–Trinajstić information content (AvgIpc) is 2.44. The minimum atomic E-state index is -1.07. The Balaban J connectivity index is 2.34. The monoisotopic (exact) mass is 329 g/mol. The fourth-order valence-corrected chi connectivity index (χ4v) is 1.97. The number of amides is 1. The summed E-state index contributed by atoms with van der Waals surface area (Å²) in [6.07, 6.45) is 0.694. The zero-order valence-corrected chi connectivity index (χ0v) is 13.1. The number of carboxylic acid groups (broad SMARTS) is 1. The number of hydrogen-bond acceptors (Lipinski definition) is 3. The van der Waals surface area contributed by atoms with Crippen molar-refractivity contribution in [2.24, 2.45) is 5.92 Å². The molecule has 0 unspecified atom stereocenters. The van der Waals surface area contributed by atoms with Crippen molar-refractivity contribution >= 4 is 11.9 Å². The molecule has 0 fully saturated rings. The van der Waals surface area contributed by atoms with Crippen LogP contribution in [0.3, 0.4) is 0 Å². The summed E-state index contributed by atoms with van der Waals surface area (Å²) in [5.74, 6) is -2.93. The molecule has 1 rings (SSSR count). The summed E-state index contributed by atoms with van der Waals surface area (Å²) in [7, 11) is 0. The molecule has 0 heterocycles. The molecule has 0 aromatic heterocycles. The van der Waals surface area contributed by atoms with E-state index in [9.17, 15) is 18.4 Å². The van der Waals surface area contributed by atoms with Crippen LogP contribution in [0, 0.1) is 17.6 Å². The van der Waals surface area contributed by atoms with E-state index in [0.717, 1.165) is 6.07 Å². The fourth-order valence-electron chi connectivity index (χ4n) is 1.97. The molecule has 0 radical (unpaired) electrons. The lowest BCUT2D eigenvalue weighted by atomic mass is 10.0. The lowest BCUT2D eigenvalue weighted by molar-refractivity contribution is -0.142. The SMILES string of the molecule is CC(C)C[C@@H](NC(=O)CCCOc1ccc(F)cc1F)C(=O)O. The van der Waals surface area contributed by atoms with Gasteiger partial charge in [0.1, 0.15) is 11.9 Å². The van der Waals surface area contributed by atoms with Crippen LogP contribution in [-0.4, -0.2) is 29.6 Å². The zero-order valence-electron chi connectivity index (χ0n) is 13.1. The molecule has 1 aromatic carbocycles. The number of carboxylic acids is 1. The van der Waals surface area contributed by atoms with E-state index in [1.165, 1.54) is 6.07 Å². The van der Waals surface area contributed by atoms with Crippen molar-refractivity contribution in [3.63, 3.8) is 0 Å². The summed E-state index contributed by atoms with van der Waals surface area (Å²) >= 11 is 0. The topological polar surface area (TPSA) is 75.6 Å². The van der Waals surface area contributed by atoms with E-state index in [-0.39, 0.29) is 31.1 Å². The Morgan fingerprint density at radius 1 is 1.30 bits per heavy atom. The summed E-state index contributed by atoms with van der Waals surface area (Å²) in [6.45, 7) is 3.80. The van der Waals surface area contributed by atoms with Gasteiger partial charge in [0.25, 0.3) is 0 Å². The van der Waals surface area contributed by atoms with Crippen molar-refractivity contribution < 1.29 is 28.2 Å². The number of benzene rings is 1. The number of hydrogen-bond donors (Lipinski definition) is 2. The van der Waals surface area contributed by atoms with Gasteiger partial charge in [-0.1, -0.05) is 13.8 Å². The first-order valence-corrected chi connectivity index (χ1v) is 7.39. The van der Waals surface area contributed by atoms with E-state index in [4.69, 9.17) is 9.84 Å². The Bertz CT molecular complexity index is 549. The molecular weight excluding hydrogens is 308 g/mol. The standard InChI is InChI=1S/C16H21F2NO4/c1-10(2)8-13(16(21)22)19-15(20)4-3-7-23-14-6-5-11(17)9-12(14)18/h5-6,9-10,13H,3-4,7-8H2,1-2H3,(H,19,20)(H,21,22)/t13-/m1/s1. The maximum absolute atomic E-state index is 13.3. The van der Waals surface area contributed by atoms with Crippen LogP contribution in [0.2, 0.25) is 0 Å². The molecule has 0 saturated carbocycles. The lowest BCUT2D eigenvalue weighted by Crippen LogP contribution is -2.41. The molecule has 1 amide bonds. The number of rotatable bonds is 9.